The minimum Gasteiger partial charge on any atom is -0.461 e. The molecule has 1 heterocycles. The Morgan fingerprint density at radius 1 is 0.852 bits per heavy atom. The maximum absolute atomic E-state index is 6.37. The Morgan fingerprint density at radius 2 is 1.52 bits per heavy atom. The summed E-state index contributed by atoms with van der Waals surface area (Å²) in [6, 6.07) is 15.5. The standard InChI is InChI=1S/C21H22ClNO4/c1-13(24-3)26-19-10-9-16(12-20(19)27-14(2)25-4)18-11-15-7-5-6-8-17(15)21(22)23-18/h5-14H,1-4H3. The fourth-order valence-electron chi connectivity index (χ4n) is 2.61. The van der Waals surface area contributed by atoms with Crippen molar-refractivity contribution >= 4 is 22.4 Å². The molecule has 3 rings (SSSR count). The summed E-state index contributed by atoms with van der Waals surface area (Å²) in [5, 5.41) is 2.40. The first-order valence-corrected chi connectivity index (χ1v) is 8.98. The second-order valence-electron chi connectivity index (χ2n) is 6.02. The molecule has 0 amide bonds. The van der Waals surface area contributed by atoms with Crippen LogP contribution in [-0.2, 0) is 9.47 Å². The van der Waals surface area contributed by atoms with Crippen molar-refractivity contribution in [3.05, 3.63) is 53.7 Å². The Hall–Kier alpha value is -2.34. The third-order valence-electron chi connectivity index (χ3n) is 4.18. The van der Waals surface area contributed by atoms with Crippen LogP contribution in [0.4, 0.5) is 0 Å². The molecular weight excluding hydrogens is 366 g/mol. The molecule has 0 aliphatic carbocycles. The van der Waals surface area contributed by atoms with Crippen molar-refractivity contribution in [3.8, 4) is 22.8 Å². The summed E-state index contributed by atoms with van der Waals surface area (Å²) in [7, 11) is 3.16. The zero-order valence-electron chi connectivity index (χ0n) is 15.7. The molecule has 2 unspecified atom stereocenters. The highest BCUT2D eigenvalue weighted by Gasteiger charge is 2.15. The lowest BCUT2D eigenvalue weighted by molar-refractivity contribution is -0.0552. The van der Waals surface area contributed by atoms with Gasteiger partial charge in [0.25, 0.3) is 0 Å². The molecule has 0 spiro atoms. The van der Waals surface area contributed by atoms with E-state index in [1.807, 2.05) is 55.5 Å². The van der Waals surface area contributed by atoms with Gasteiger partial charge in [0.15, 0.2) is 24.1 Å². The van der Waals surface area contributed by atoms with Gasteiger partial charge in [-0.05, 0) is 43.5 Å². The summed E-state index contributed by atoms with van der Waals surface area (Å²) >= 11 is 6.37. The number of halogens is 1. The van der Waals surface area contributed by atoms with Gasteiger partial charge in [-0.25, -0.2) is 4.98 Å². The van der Waals surface area contributed by atoms with Crippen LogP contribution in [0.25, 0.3) is 22.0 Å². The Balaban J connectivity index is 2.04. The minimum absolute atomic E-state index is 0.413. The first-order chi connectivity index (χ1) is 13.0. The lowest BCUT2D eigenvalue weighted by atomic mass is 10.1. The van der Waals surface area contributed by atoms with E-state index in [9.17, 15) is 0 Å². The summed E-state index contributed by atoms with van der Waals surface area (Å²) < 4.78 is 22.0. The van der Waals surface area contributed by atoms with Crippen molar-refractivity contribution in [3.63, 3.8) is 0 Å². The molecule has 2 atom stereocenters. The SMILES string of the molecule is COC(C)Oc1ccc(-c2cc3ccccc3c(Cl)n2)cc1OC(C)OC. The van der Waals surface area contributed by atoms with E-state index in [0.29, 0.717) is 16.7 Å². The Morgan fingerprint density at radius 3 is 2.22 bits per heavy atom. The molecule has 0 bridgehead atoms. The number of ether oxygens (including phenoxy) is 4. The van der Waals surface area contributed by atoms with Gasteiger partial charge in [-0.15, -0.1) is 0 Å². The van der Waals surface area contributed by atoms with Crippen LogP contribution in [0.2, 0.25) is 5.15 Å². The van der Waals surface area contributed by atoms with Gasteiger partial charge in [0.05, 0.1) is 5.69 Å². The molecule has 0 N–H and O–H groups in total. The van der Waals surface area contributed by atoms with Gasteiger partial charge in [-0.1, -0.05) is 35.9 Å². The smallest absolute Gasteiger partial charge is 0.196 e. The predicted octanol–water partition coefficient (Wildman–Crippen LogP) is 5.30. The van der Waals surface area contributed by atoms with Gasteiger partial charge in [-0.3, -0.25) is 0 Å². The van der Waals surface area contributed by atoms with Crippen LogP contribution in [0.5, 0.6) is 11.5 Å². The molecule has 0 fully saturated rings. The molecule has 3 aromatic rings. The molecule has 0 aliphatic rings. The van der Waals surface area contributed by atoms with Crippen molar-refractivity contribution in [1.29, 1.82) is 0 Å². The monoisotopic (exact) mass is 387 g/mol. The van der Waals surface area contributed by atoms with Gasteiger partial charge in [0.1, 0.15) is 5.15 Å². The number of methoxy groups -OCH3 is 2. The second kappa shape index (κ2) is 8.57. The fraction of sp³-hybridized carbons (Fsp3) is 0.286. The number of nitrogens with zero attached hydrogens (tertiary/aromatic N) is 1. The van der Waals surface area contributed by atoms with Crippen LogP contribution in [-0.4, -0.2) is 31.8 Å². The number of fused-ring (bicyclic) bond motifs is 1. The van der Waals surface area contributed by atoms with Crippen LogP contribution < -0.4 is 9.47 Å². The molecule has 1 aromatic heterocycles. The molecular formula is C21H22ClNO4. The summed E-state index contributed by atoms with van der Waals surface area (Å²) in [5.41, 5.74) is 1.61. The molecule has 0 radical (unpaired) electrons. The third kappa shape index (κ3) is 4.50. The lowest BCUT2D eigenvalue weighted by Gasteiger charge is -2.19. The van der Waals surface area contributed by atoms with Crippen LogP contribution in [0.3, 0.4) is 0 Å². The summed E-state index contributed by atoms with van der Waals surface area (Å²) in [6.45, 7) is 3.61. The molecule has 6 heteroatoms. The predicted molar refractivity (Wildman–Crippen MR) is 106 cm³/mol. The second-order valence-corrected chi connectivity index (χ2v) is 6.38. The van der Waals surface area contributed by atoms with E-state index >= 15 is 0 Å². The number of rotatable bonds is 7. The van der Waals surface area contributed by atoms with Crippen LogP contribution in [0.1, 0.15) is 13.8 Å². The topological polar surface area (TPSA) is 49.8 Å². The molecule has 2 aromatic carbocycles. The quantitative estimate of drug-likeness (QED) is 0.407. The van der Waals surface area contributed by atoms with Crippen molar-refractivity contribution in [2.75, 3.05) is 14.2 Å². The van der Waals surface area contributed by atoms with Gasteiger partial charge in [0, 0.05) is 25.2 Å². The van der Waals surface area contributed by atoms with Crippen LogP contribution in [0, 0.1) is 0 Å². The Kier molecular flexibility index (Phi) is 6.16. The summed E-state index contributed by atoms with van der Waals surface area (Å²) in [5.74, 6) is 1.10. The highest BCUT2D eigenvalue weighted by molar-refractivity contribution is 6.34. The van der Waals surface area contributed by atoms with Gasteiger partial charge >= 0.3 is 0 Å². The van der Waals surface area contributed by atoms with E-state index in [1.165, 1.54) is 0 Å². The first-order valence-electron chi connectivity index (χ1n) is 8.60. The average Bonchev–Trinajstić information content (AvgIpc) is 2.69. The maximum atomic E-state index is 6.37. The van der Waals surface area contributed by atoms with E-state index in [2.05, 4.69) is 4.98 Å². The average molecular weight is 388 g/mol. The molecule has 0 aliphatic heterocycles. The van der Waals surface area contributed by atoms with E-state index in [1.54, 1.807) is 21.1 Å². The van der Waals surface area contributed by atoms with Crippen molar-refractivity contribution in [2.24, 2.45) is 0 Å². The highest BCUT2D eigenvalue weighted by Crippen LogP contribution is 2.35. The molecule has 0 saturated carbocycles. The van der Waals surface area contributed by atoms with Gasteiger partial charge in [0.2, 0.25) is 0 Å². The Bertz CT molecular complexity index is 931. The van der Waals surface area contributed by atoms with Crippen LogP contribution >= 0.6 is 11.6 Å². The number of pyridine rings is 1. The van der Waals surface area contributed by atoms with Crippen molar-refractivity contribution < 1.29 is 18.9 Å². The highest BCUT2D eigenvalue weighted by atomic mass is 35.5. The van der Waals surface area contributed by atoms with E-state index in [0.717, 1.165) is 22.0 Å². The number of aromatic nitrogens is 1. The molecule has 0 saturated heterocycles. The van der Waals surface area contributed by atoms with Crippen LogP contribution in [0.15, 0.2) is 48.5 Å². The molecule has 27 heavy (non-hydrogen) atoms. The van der Waals surface area contributed by atoms with E-state index in [-0.39, 0.29) is 0 Å². The minimum atomic E-state index is -0.436. The van der Waals surface area contributed by atoms with E-state index in [4.69, 9.17) is 30.5 Å². The number of benzene rings is 2. The lowest BCUT2D eigenvalue weighted by Crippen LogP contribution is -2.17. The third-order valence-corrected chi connectivity index (χ3v) is 4.47. The maximum Gasteiger partial charge on any atom is 0.196 e. The summed E-state index contributed by atoms with van der Waals surface area (Å²) in [6.07, 6.45) is -0.849. The summed E-state index contributed by atoms with van der Waals surface area (Å²) in [4.78, 5) is 4.53. The van der Waals surface area contributed by atoms with Crippen molar-refractivity contribution in [1.82, 2.24) is 4.98 Å². The largest absolute Gasteiger partial charge is 0.461 e. The number of hydrogen-bond donors (Lipinski definition) is 0. The van der Waals surface area contributed by atoms with Gasteiger partial charge in [-0.2, -0.15) is 0 Å². The van der Waals surface area contributed by atoms with Gasteiger partial charge < -0.3 is 18.9 Å². The van der Waals surface area contributed by atoms with E-state index < -0.39 is 12.6 Å². The zero-order valence-corrected chi connectivity index (χ0v) is 16.5. The zero-order chi connectivity index (χ0) is 19.4. The normalized spacial score (nSPS) is 13.4. The fourth-order valence-corrected chi connectivity index (χ4v) is 2.88. The number of hydrogen-bond acceptors (Lipinski definition) is 5. The molecule has 5 nitrogen and oxygen atoms in total. The first kappa shape index (κ1) is 19.4. The van der Waals surface area contributed by atoms with Crippen molar-refractivity contribution in [2.45, 2.75) is 26.4 Å². The molecule has 142 valence electrons. The Labute approximate surface area is 163 Å².